The molecule has 0 spiro atoms. The number of primary amides is 1. The van der Waals surface area contributed by atoms with Crippen LogP contribution in [-0.4, -0.2) is 18.4 Å². The highest BCUT2D eigenvalue weighted by molar-refractivity contribution is 7.17. The smallest absolute Gasteiger partial charge is 0.262 e. The fourth-order valence-corrected chi connectivity index (χ4v) is 4.24. The maximum Gasteiger partial charge on any atom is 0.262 e. The number of carbonyl (C=O) groups excluding carboxylic acids is 2. The zero-order valence-corrected chi connectivity index (χ0v) is 15.0. The third-order valence-corrected chi connectivity index (χ3v) is 5.40. The van der Waals surface area contributed by atoms with Gasteiger partial charge in [-0.1, -0.05) is 0 Å². The molecule has 11 heteroatoms. The third-order valence-electron chi connectivity index (χ3n) is 4.19. The van der Waals surface area contributed by atoms with Crippen LogP contribution in [0.5, 0.6) is 5.75 Å². The fourth-order valence-electron chi connectivity index (χ4n) is 2.93. The van der Waals surface area contributed by atoms with Gasteiger partial charge in [-0.2, -0.15) is 8.78 Å². The number of hydrogen-bond acceptors (Lipinski definition) is 4. The zero-order chi connectivity index (χ0) is 20.6. The molecular formula is C17H13F5N2O3S. The van der Waals surface area contributed by atoms with E-state index in [1.165, 1.54) is 0 Å². The van der Waals surface area contributed by atoms with E-state index in [-0.39, 0.29) is 10.6 Å². The minimum atomic E-state index is -2.33. The highest BCUT2D eigenvalue weighted by Crippen LogP contribution is 2.38. The Morgan fingerprint density at radius 1 is 0.964 bits per heavy atom. The zero-order valence-electron chi connectivity index (χ0n) is 14.1. The minimum Gasteiger partial charge on any atom is -0.477 e. The van der Waals surface area contributed by atoms with Gasteiger partial charge in [0.15, 0.2) is 12.4 Å². The van der Waals surface area contributed by atoms with E-state index in [0.717, 1.165) is 41.0 Å². The predicted octanol–water partition coefficient (Wildman–Crippen LogP) is 3.44. The molecule has 0 aliphatic heterocycles. The molecule has 1 aromatic heterocycles. The first kappa shape index (κ1) is 20.1. The molecule has 5 nitrogen and oxygen atoms in total. The number of thiophene rings is 1. The van der Waals surface area contributed by atoms with Crippen molar-refractivity contribution in [1.82, 2.24) is 0 Å². The van der Waals surface area contributed by atoms with Gasteiger partial charge < -0.3 is 15.8 Å². The predicted molar refractivity (Wildman–Crippen MR) is 89.8 cm³/mol. The number of fused-ring (bicyclic) bond motifs is 1. The maximum atomic E-state index is 13.6. The number of nitrogens with one attached hydrogen (secondary N) is 1. The van der Waals surface area contributed by atoms with Crippen molar-refractivity contribution in [3.05, 3.63) is 45.1 Å². The molecule has 0 saturated carbocycles. The number of rotatable bonds is 5. The van der Waals surface area contributed by atoms with Gasteiger partial charge in [0, 0.05) is 4.88 Å². The second kappa shape index (κ2) is 7.74. The lowest BCUT2D eigenvalue weighted by Gasteiger charge is -2.11. The Balaban J connectivity index is 1.78. The summed E-state index contributed by atoms with van der Waals surface area (Å²) in [6.07, 6.45) is 3.13. The normalized spacial score (nSPS) is 13.2. The van der Waals surface area contributed by atoms with Gasteiger partial charge >= 0.3 is 0 Å². The van der Waals surface area contributed by atoms with E-state index < -0.39 is 53.3 Å². The molecule has 0 unspecified atom stereocenters. The number of nitrogens with two attached hydrogens (primary N) is 1. The summed E-state index contributed by atoms with van der Waals surface area (Å²) in [5.41, 5.74) is 6.28. The number of hydrogen-bond donors (Lipinski definition) is 2. The molecule has 0 radical (unpaired) electrons. The minimum absolute atomic E-state index is 0.157. The standard InChI is InChI=1S/C17H13F5N2O3S/c18-10-11(19)13(21)15(14(22)12(10)20)27-5-8(25)24-17-9(16(23)26)6-3-1-2-4-7(6)28-17/h1-5H2,(H2,23,26)(H,24,25). The van der Waals surface area contributed by atoms with Crippen LogP contribution in [0, 0.1) is 29.1 Å². The van der Waals surface area contributed by atoms with E-state index in [1.807, 2.05) is 0 Å². The molecule has 0 saturated heterocycles. The van der Waals surface area contributed by atoms with Crippen LogP contribution < -0.4 is 15.8 Å². The van der Waals surface area contributed by atoms with Crippen LogP contribution in [0.3, 0.4) is 0 Å². The molecule has 1 aliphatic carbocycles. The number of aryl methyl sites for hydroxylation is 1. The number of benzene rings is 1. The van der Waals surface area contributed by atoms with E-state index in [4.69, 9.17) is 5.73 Å². The van der Waals surface area contributed by atoms with Gasteiger partial charge in [-0.25, -0.2) is 13.2 Å². The number of ether oxygens (including phenoxy) is 1. The van der Waals surface area contributed by atoms with Crippen LogP contribution in [0.25, 0.3) is 0 Å². The lowest BCUT2D eigenvalue weighted by Crippen LogP contribution is -2.23. The SMILES string of the molecule is NC(=O)c1c(NC(=O)COc2c(F)c(F)c(F)c(F)c2F)sc2c1CCCC2. The van der Waals surface area contributed by atoms with Crippen LogP contribution in [0.1, 0.15) is 33.6 Å². The molecule has 0 atom stereocenters. The average Bonchev–Trinajstić information content (AvgIpc) is 3.02. The van der Waals surface area contributed by atoms with Crippen molar-refractivity contribution in [3.63, 3.8) is 0 Å². The van der Waals surface area contributed by atoms with Gasteiger partial charge in [0.1, 0.15) is 5.00 Å². The summed E-state index contributed by atoms with van der Waals surface area (Å²) in [6, 6.07) is 0. The molecule has 0 fully saturated rings. The summed E-state index contributed by atoms with van der Waals surface area (Å²) in [7, 11) is 0. The van der Waals surface area contributed by atoms with Crippen LogP contribution >= 0.6 is 11.3 Å². The van der Waals surface area contributed by atoms with Crippen LogP contribution in [0.2, 0.25) is 0 Å². The van der Waals surface area contributed by atoms with Gasteiger partial charge in [-0.15, -0.1) is 11.3 Å². The summed E-state index contributed by atoms with van der Waals surface area (Å²) in [4.78, 5) is 24.7. The molecule has 150 valence electrons. The summed E-state index contributed by atoms with van der Waals surface area (Å²) in [5.74, 6) is -14.3. The van der Waals surface area contributed by atoms with E-state index >= 15 is 0 Å². The molecule has 1 aliphatic rings. The number of halogens is 5. The fraction of sp³-hybridized carbons (Fsp3) is 0.294. The molecule has 2 amide bonds. The summed E-state index contributed by atoms with van der Waals surface area (Å²) >= 11 is 1.15. The maximum absolute atomic E-state index is 13.6. The lowest BCUT2D eigenvalue weighted by molar-refractivity contribution is -0.118. The Bertz CT molecular complexity index is 947. The van der Waals surface area contributed by atoms with Crippen LogP contribution in [0.15, 0.2) is 0 Å². The van der Waals surface area contributed by atoms with Crippen LogP contribution in [0.4, 0.5) is 27.0 Å². The Morgan fingerprint density at radius 2 is 1.54 bits per heavy atom. The molecule has 1 heterocycles. The van der Waals surface area contributed by atoms with Crippen LogP contribution in [-0.2, 0) is 17.6 Å². The molecule has 28 heavy (non-hydrogen) atoms. The van der Waals surface area contributed by atoms with Crippen molar-refractivity contribution < 1.29 is 36.3 Å². The van der Waals surface area contributed by atoms with Crippen molar-refractivity contribution >= 4 is 28.2 Å². The van der Waals surface area contributed by atoms with Gasteiger partial charge in [0.2, 0.25) is 29.1 Å². The van der Waals surface area contributed by atoms with Gasteiger partial charge in [0.05, 0.1) is 5.56 Å². The first-order chi connectivity index (χ1) is 13.2. The average molecular weight is 420 g/mol. The van der Waals surface area contributed by atoms with Gasteiger partial charge in [0.25, 0.3) is 11.8 Å². The monoisotopic (exact) mass is 420 g/mol. The summed E-state index contributed by atoms with van der Waals surface area (Å²) < 4.78 is 71.0. The highest BCUT2D eigenvalue weighted by atomic mass is 32.1. The van der Waals surface area contributed by atoms with Crippen molar-refractivity contribution in [2.24, 2.45) is 5.73 Å². The lowest BCUT2D eigenvalue weighted by atomic mass is 9.95. The van der Waals surface area contributed by atoms with Crippen molar-refractivity contribution in [2.75, 3.05) is 11.9 Å². The third kappa shape index (κ3) is 3.53. The number of anilines is 1. The van der Waals surface area contributed by atoms with E-state index in [0.29, 0.717) is 6.42 Å². The first-order valence-corrected chi connectivity index (χ1v) is 8.92. The topological polar surface area (TPSA) is 81.4 Å². The Kier molecular flexibility index (Phi) is 5.54. The van der Waals surface area contributed by atoms with Gasteiger partial charge in [-0.3, -0.25) is 9.59 Å². The second-order valence-corrected chi connectivity index (χ2v) is 7.12. The highest BCUT2D eigenvalue weighted by Gasteiger charge is 2.28. The molecule has 3 rings (SSSR count). The molecule has 3 N–H and O–H groups in total. The van der Waals surface area contributed by atoms with E-state index in [9.17, 15) is 31.5 Å². The summed E-state index contributed by atoms with van der Waals surface area (Å²) in [6.45, 7) is -1.04. The number of carbonyl (C=O) groups is 2. The Morgan fingerprint density at radius 3 is 2.14 bits per heavy atom. The Labute approximate surface area is 159 Å². The first-order valence-electron chi connectivity index (χ1n) is 8.10. The quantitative estimate of drug-likeness (QED) is 0.442. The van der Waals surface area contributed by atoms with E-state index in [1.54, 1.807) is 0 Å². The molecule has 0 bridgehead atoms. The van der Waals surface area contributed by atoms with Crippen molar-refractivity contribution in [3.8, 4) is 5.75 Å². The number of amides is 2. The molecule has 1 aromatic carbocycles. The molecule has 2 aromatic rings. The molecular weight excluding hydrogens is 407 g/mol. The Hall–Kier alpha value is -2.69. The second-order valence-electron chi connectivity index (χ2n) is 6.02. The summed E-state index contributed by atoms with van der Waals surface area (Å²) in [5, 5.41) is 2.50. The van der Waals surface area contributed by atoms with Crippen molar-refractivity contribution in [1.29, 1.82) is 0 Å². The largest absolute Gasteiger partial charge is 0.477 e. The van der Waals surface area contributed by atoms with Gasteiger partial charge in [-0.05, 0) is 31.2 Å². The van der Waals surface area contributed by atoms with Crippen molar-refractivity contribution in [2.45, 2.75) is 25.7 Å². The van der Waals surface area contributed by atoms with E-state index in [2.05, 4.69) is 10.1 Å².